The van der Waals surface area contributed by atoms with Crippen molar-refractivity contribution in [1.82, 2.24) is 9.10 Å². The number of nitrogens with one attached hydrogen (secondary N) is 1. The van der Waals surface area contributed by atoms with Crippen LogP contribution in [0.2, 0.25) is 0 Å². The van der Waals surface area contributed by atoms with Gasteiger partial charge in [0.25, 0.3) is 6.43 Å². The van der Waals surface area contributed by atoms with Crippen LogP contribution in [-0.2, 0) is 10.0 Å². The van der Waals surface area contributed by atoms with Gasteiger partial charge in [0, 0.05) is 17.1 Å². The first-order chi connectivity index (χ1) is 9.73. The maximum atomic E-state index is 12.9. The minimum Gasteiger partial charge on any atom is -0.472 e. The molecule has 0 amide bonds. The molecule has 1 heterocycles. The molecule has 0 aromatic carbocycles. The van der Waals surface area contributed by atoms with Crippen molar-refractivity contribution in [3.63, 3.8) is 0 Å². The molecule has 0 atom stereocenters. The summed E-state index contributed by atoms with van der Waals surface area (Å²) in [5.41, 5.74) is -2.17. The van der Waals surface area contributed by atoms with Crippen molar-refractivity contribution in [2.24, 2.45) is 0 Å². The Kier molecular flexibility index (Phi) is 5.40. The third-order valence-corrected chi connectivity index (χ3v) is 4.65. The highest BCUT2D eigenvalue weighted by Crippen LogP contribution is 2.38. The van der Waals surface area contributed by atoms with Gasteiger partial charge in [-0.3, -0.25) is 0 Å². The molecule has 0 aliphatic carbocycles. The minimum absolute atomic E-state index is 0.127. The summed E-state index contributed by atoms with van der Waals surface area (Å²) in [4.78, 5) is -1.06. The van der Waals surface area contributed by atoms with E-state index in [2.05, 4.69) is 13.8 Å². The largest absolute Gasteiger partial charge is 0.472 e. The predicted molar refractivity (Wildman–Crippen MR) is 68.7 cm³/mol. The Balaban J connectivity index is 3.27. The average Bonchev–Trinajstić information content (AvgIpc) is 2.66. The van der Waals surface area contributed by atoms with Gasteiger partial charge in [-0.25, -0.2) is 21.9 Å². The molecule has 1 aromatic heterocycles. The van der Waals surface area contributed by atoms with Crippen LogP contribution < -0.4 is 9.46 Å². The quantitative estimate of drug-likeness (QED) is 0.811. The molecule has 0 aliphatic rings. The zero-order chi connectivity index (χ0) is 17.3. The van der Waals surface area contributed by atoms with E-state index in [1.807, 2.05) is 0 Å². The van der Waals surface area contributed by atoms with Gasteiger partial charge in [0.1, 0.15) is 5.69 Å². The zero-order valence-electron chi connectivity index (χ0n) is 11.7. The number of hydrogen-bond acceptors (Lipinski definition) is 5. The lowest BCUT2D eigenvalue weighted by Gasteiger charge is -2.20. The average molecular weight is 368 g/mol. The van der Waals surface area contributed by atoms with Crippen molar-refractivity contribution >= 4 is 21.6 Å². The minimum atomic E-state index is -4.74. The maximum Gasteiger partial charge on any atom is 0.422 e. The first kappa shape index (κ1) is 19.0. The Morgan fingerprint density at radius 3 is 2.23 bits per heavy atom. The lowest BCUT2D eigenvalue weighted by Crippen LogP contribution is -2.40. The van der Waals surface area contributed by atoms with Crippen LogP contribution in [0.5, 0.6) is 5.06 Å². The van der Waals surface area contributed by atoms with Gasteiger partial charge in [-0.1, -0.05) is 0 Å². The highest BCUT2D eigenvalue weighted by molar-refractivity contribution is 7.89. The van der Waals surface area contributed by atoms with Crippen molar-refractivity contribution in [3.05, 3.63) is 5.69 Å². The third kappa shape index (κ3) is 5.32. The molecule has 1 aromatic rings. The molecule has 1 N–H and O–H groups in total. The number of aromatic nitrogens is 1. The number of nitrogens with zero attached hydrogens (tertiary/aromatic N) is 1. The SMILES string of the molecule is CC(C)(C)NS(=O)(=O)c1c(C(F)F)nsc1OCC(F)(F)F. The van der Waals surface area contributed by atoms with Gasteiger partial charge in [0.15, 0.2) is 11.5 Å². The molecule has 0 saturated carbocycles. The summed E-state index contributed by atoms with van der Waals surface area (Å²) in [5.74, 6) is 0. The van der Waals surface area contributed by atoms with Crippen molar-refractivity contribution in [2.75, 3.05) is 6.61 Å². The standard InChI is InChI=1S/C10H13F5N2O3S2/c1-9(2,3)17-22(18,19)6-5(7(11)12)16-21-8(6)20-4-10(13,14)15/h7,17H,4H2,1-3H3. The van der Waals surface area contributed by atoms with E-state index >= 15 is 0 Å². The van der Waals surface area contributed by atoms with E-state index < -0.39 is 50.4 Å². The lowest BCUT2D eigenvalue weighted by molar-refractivity contribution is -0.153. The van der Waals surface area contributed by atoms with Crippen LogP contribution in [0.1, 0.15) is 32.9 Å². The van der Waals surface area contributed by atoms with Crippen LogP contribution in [0.4, 0.5) is 22.0 Å². The Labute approximate surface area is 127 Å². The van der Waals surface area contributed by atoms with E-state index in [9.17, 15) is 30.4 Å². The zero-order valence-corrected chi connectivity index (χ0v) is 13.3. The summed E-state index contributed by atoms with van der Waals surface area (Å²) in [6, 6.07) is 0. The predicted octanol–water partition coefficient (Wildman–Crippen LogP) is 3.10. The van der Waals surface area contributed by atoms with Crippen molar-refractivity contribution in [1.29, 1.82) is 0 Å². The van der Waals surface area contributed by atoms with E-state index in [1.54, 1.807) is 0 Å². The summed E-state index contributed by atoms with van der Waals surface area (Å²) in [7, 11) is -4.52. The molecule has 0 unspecified atom stereocenters. The molecule has 128 valence electrons. The van der Waals surface area contributed by atoms with Crippen molar-refractivity contribution in [2.45, 2.75) is 43.8 Å². The third-order valence-electron chi connectivity index (χ3n) is 1.93. The second-order valence-corrected chi connectivity index (χ2v) is 7.60. The smallest absolute Gasteiger partial charge is 0.422 e. The van der Waals surface area contributed by atoms with Crippen LogP contribution in [0, 0.1) is 0 Å². The van der Waals surface area contributed by atoms with Gasteiger partial charge in [-0.05, 0) is 20.8 Å². The van der Waals surface area contributed by atoms with Crippen molar-refractivity contribution < 1.29 is 35.1 Å². The molecule has 0 aliphatic heterocycles. The number of alkyl halides is 5. The topological polar surface area (TPSA) is 68.3 Å². The van der Waals surface area contributed by atoms with Gasteiger partial charge in [-0.2, -0.15) is 17.5 Å². The molecule has 0 spiro atoms. The molecule has 5 nitrogen and oxygen atoms in total. The van der Waals surface area contributed by atoms with Crippen LogP contribution in [0.3, 0.4) is 0 Å². The van der Waals surface area contributed by atoms with E-state index in [4.69, 9.17) is 0 Å². The fourth-order valence-electron chi connectivity index (χ4n) is 1.36. The molecular formula is C10H13F5N2O3S2. The number of sulfonamides is 1. The Morgan fingerprint density at radius 1 is 1.27 bits per heavy atom. The highest BCUT2D eigenvalue weighted by Gasteiger charge is 2.36. The normalized spacial score (nSPS) is 13.7. The van der Waals surface area contributed by atoms with Gasteiger partial charge in [-0.15, -0.1) is 0 Å². The van der Waals surface area contributed by atoms with E-state index in [1.165, 1.54) is 20.8 Å². The van der Waals surface area contributed by atoms with Crippen molar-refractivity contribution in [3.8, 4) is 5.06 Å². The Bertz CT molecular complexity index is 619. The number of rotatable bonds is 5. The molecule has 0 bridgehead atoms. The maximum absolute atomic E-state index is 12.9. The summed E-state index contributed by atoms with van der Waals surface area (Å²) in [6.45, 7) is 2.53. The van der Waals surface area contributed by atoms with Crippen LogP contribution >= 0.6 is 11.5 Å². The molecule has 1 rings (SSSR count). The summed E-state index contributed by atoms with van der Waals surface area (Å²) in [5, 5.41) is -0.829. The van der Waals surface area contributed by atoms with Gasteiger partial charge >= 0.3 is 6.18 Å². The summed E-state index contributed by atoms with van der Waals surface area (Å²) in [6.07, 6.45) is -8.01. The molecule has 22 heavy (non-hydrogen) atoms. The molecular weight excluding hydrogens is 355 g/mol. The van der Waals surface area contributed by atoms with Crippen LogP contribution in [0.25, 0.3) is 0 Å². The van der Waals surface area contributed by atoms with Gasteiger partial charge < -0.3 is 4.74 Å². The number of hydrogen-bond donors (Lipinski definition) is 1. The molecule has 12 heteroatoms. The summed E-state index contributed by atoms with van der Waals surface area (Å²) >= 11 is 0.127. The Morgan fingerprint density at radius 2 is 1.82 bits per heavy atom. The van der Waals surface area contributed by atoms with Gasteiger partial charge in [0.05, 0.1) is 0 Å². The molecule has 0 saturated heterocycles. The number of ether oxygens (including phenoxy) is 1. The highest BCUT2D eigenvalue weighted by atomic mass is 32.2. The summed E-state index contributed by atoms with van der Waals surface area (Å²) < 4.78 is 96.0. The molecule has 0 fully saturated rings. The number of halogens is 5. The first-order valence-electron chi connectivity index (χ1n) is 5.74. The van der Waals surface area contributed by atoms with Crippen LogP contribution in [-0.4, -0.2) is 31.1 Å². The second-order valence-electron chi connectivity index (χ2n) is 5.24. The fourth-order valence-corrected chi connectivity index (χ4v) is 4.10. The monoisotopic (exact) mass is 368 g/mol. The van der Waals surface area contributed by atoms with Gasteiger partial charge in [0.2, 0.25) is 15.1 Å². The molecule has 0 radical (unpaired) electrons. The van der Waals surface area contributed by atoms with Crippen LogP contribution in [0.15, 0.2) is 4.90 Å². The van der Waals surface area contributed by atoms with E-state index in [-0.39, 0.29) is 11.5 Å². The first-order valence-corrected chi connectivity index (χ1v) is 8.00. The van der Waals surface area contributed by atoms with E-state index in [0.717, 1.165) is 0 Å². The Hall–Kier alpha value is -1.01. The lowest BCUT2D eigenvalue weighted by atomic mass is 10.1. The second kappa shape index (κ2) is 6.24. The van der Waals surface area contributed by atoms with E-state index in [0.29, 0.717) is 0 Å². The fraction of sp³-hybridized carbons (Fsp3) is 0.700.